The number of rotatable bonds is 4. The van der Waals surface area contributed by atoms with Crippen molar-refractivity contribution in [2.45, 2.75) is 13.5 Å². The fourth-order valence-corrected chi connectivity index (χ4v) is 2.81. The lowest BCUT2D eigenvalue weighted by molar-refractivity contribution is 0.0950. The van der Waals surface area contributed by atoms with Gasteiger partial charge >= 0.3 is 0 Å². The van der Waals surface area contributed by atoms with Crippen LogP contribution in [0.5, 0.6) is 5.75 Å². The molecule has 7 heteroatoms. The Morgan fingerprint density at radius 3 is 2.74 bits per heavy atom. The summed E-state index contributed by atoms with van der Waals surface area (Å²) in [5.41, 5.74) is 4.37. The molecular formula is C20H17N5O2. The number of fused-ring (bicyclic) bond motifs is 1. The predicted octanol–water partition coefficient (Wildman–Crippen LogP) is 2.74. The monoisotopic (exact) mass is 359 g/mol. The molecule has 7 nitrogen and oxygen atoms in total. The van der Waals surface area contributed by atoms with Gasteiger partial charge in [0.1, 0.15) is 5.75 Å². The number of amides is 1. The second-order valence-electron chi connectivity index (χ2n) is 6.12. The van der Waals surface area contributed by atoms with Crippen LogP contribution in [0.2, 0.25) is 0 Å². The van der Waals surface area contributed by atoms with Gasteiger partial charge in [-0.3, -0.25) is 14.2 Å². The average molecular weight is 359 g/mol. The Bertz CT molecular complexity index is 1120. The van der Waals surface area contributed by atoms with E-state index in [0.717, 1.165) is 22.6 Å². The molecule has 3 heterocycles. The van der Waals surface area contributed by atoms with E-state index in [-0.39, 0.29) is 11.7 Å². The molecule has 4 aromatic rings. The Kier molecular flexibility index (Phi) is 4.25. The Balaban J connectivity index is 1.47. The highest BCUT2D eigenvalue weighted by Crippen LogP contribution is 2.22. The molecular weight excluding hydrogens is 342 g/mol. The van der Waals surface area contributed by atoms with Crippen molar-refractivity contribution in [1.29, 1.82) is 0 Å². The van der Waals surface area contributed by atoms with E-state index in [9.17, 15) is 9.90 Å². The number of carbonyl (C=O) groups is 1. The van der Waals surface area contributed by atoms with Gasteiger partial charge < -0.3 is 10.4 Å². The summed E-state index contributed by atoms with van der Waals surface area (Å²) >= 11 is 0. The first-order valence-corrected chi connectivity index (χ1v) is 8.43. The van der Waals surface area contributed by atoms with Crippen LogP contribution in [0.3, 0.4) is 0 Å². The fourth-order valence-electron chi connectivity index (χ4n) is 2.81. The summed E-state index contributed by atoms with van der Waals surface area (Å²) in [5, 5.41) is 12.5. The Morgan fingerprint density at radius 2 is 1.96 bits per heavy atom. The molecule has 1 amide bonds. The minimum atomic E-state index is -0.166. The first-order chi connectivity index (χ1) is 13.1. The number of nitrogens with zero attached hydrogens (tertiary/aromatic N) is 4. The molecule has 0 fully saturated rings. The summed E-state index contributed by atoms with van der Waals surface area (Å²) in [6, 6.07) is 10.6. The van der Waals surface area contributed by atoms with E-state index in [0.29, 0.717) is 17.8 Å². The molecule has 0 radical (unpaired) electrons. The minimum absolute atomic E-state index is 0.165. The second kappa shape index (κ2) is 6.87. The largest absolute Gasteiger partial charge is 0.506 e. The number of aromatic hydroxyl groups is 1. The van der Waals surface area contributed by atoms with Crippen LogP contribution in [-0.4, -0.2) is 30.4 Å². The maximum atomic E-state index is 12.4. The van der Waals surface area contributed by atoms with Crippen molar-refractivity contribution in [3.63, 3.8) is 0 Å². The maximum absolute atomic E-state index is 12.4. The SMILES string of the molecule is Cc1nc(-c2ccc(C(=O)NCc3cnc4cnccn34)cc2)ccc1O. The summed E-state index contributed by atoms with van der Waals surface area (Å²) in [6.07, 6.45) is 6.88. The van der Waals surface area contributed by atoms with E-state index in [2.05, 4.69) is 20.3 Å². The van der Waals surface area contributed by atoms with Crippen LogP contribution in [0.4, 0.5) is 0 Å². The molecule has 0 aliphatic heterocycles. The number of aromatic nitrogens is 4. The van der Waals surface area contributed by atoms with Gasteiger partial charge in [0.05, 0.1) is 36.0 Å². The lowest BCUT2D eigenvalue weighted by Crippen LogP contribution is -2.23. The van der Waals surface area contributed by atoms with Gasteiger partial charge in [-0.15, -0.1) is 0 Å². The number of carbonyl (C=O) groups excluding carboxylic acids is 1. The molecule has 0 atom stereocenters. The average Bonchev–Trinajstić information content (AvgIpc) is 3.11. The van der Waals surface area contributed by atoms with Crippen LogP contribution in [0, 0.1) is 6.92 Å². The van der Waals surface area contributed by atoms with Gasteiger partial charge in [0, 0.05) is 23.5 Å². The summed E-state index contributed by atoms with van der Waals surface area (Å²) in [6.45, 7) is 2.11. The highest BCUT2D eigenvalue weighted by atomic mass is 16.3. The van der Waals surface area contributed by atoms with Gasteiger partial charge in [-0.2, -0.15) is 0 Å². The molecule has 134 valence electrons. The van der Waals surface area contributed by atoms with Gasteiger partial charge in [-0.05, 0) is 31.2 Å². The maximum Gasteiger partial charge on any atom is 0.251 e. The van der Waals surface area contributed by atoms with Crippen molar-refractivity contribution in [3.8, 4) is 17.0 Å². The third-order valence-electron chi connectivity index (χ3n) is 4.32. The lowest BCUT2D eigenvalue weighted by Gasteiger charge is -2.07. The van der Waals surface area contributed by atoms with Gasteiger partial charge in [0.25, 0.3) is 5.91 Å². The van der Waals surface area contributed by atoms with E-state index >= 15 is 0 Å². The number of aryl methyl sites for hydroxylation is 1. The topological polar surface area (TPSA) is 92.4 Å². The van der Waals surface area contributed by atoms with Crippen molar-refractivity contribution in [2.75, 3.05) is 0 Å². The highest BCUT2D eigenvalue weighted by Gasteiger charge is 2.09. The molecule has 0 unspecified atom stereocenters. The zero-order valence-corrected chi connectivity index (χ0v) is 14.6. The van der Waals surface area contributed by atoms with Crippen molar-refractivity contribution in [3.05, 3.63) is 78.1 Å². The van der Waals surface area contributed by atoms with Gasteiger partial charge in [0.15, 0.2) is 5.65 Å². The molecule has 2 N–H and O–H groups in total. The molecule has 0 spiro atoms. The van der Waals surface area contributed by atoms with Crippen molar-refractivity contribution in [2.24, 2.45) is 0 Å². The van der Waals surface area contributed by atoms with E-state index < -0.39 is 0 Å². The van der Waals surface area contributed by atoms with Crippen LogP contribution < -0.4 is 5.32 Å². The zero-order chi connectivity index (χ0) is 18.8. The van der Waals surface area contributed by atoms with E-state index in [4.69, 9.17) is 0 Å². The van der Waals surface area contributed by atoms with Gasteiger partial charge in [-0.25, -0.2) is 9.97 Å². The molecule has 3 aromatic heterocycles. The Labute approximate surface area is 155 Å². The number of benzene rings is 1. The van der Waals surface area contributed by atoms with Crippen LogP contribution in [-0.2, 0) is 6.54 Å². The summed E-state index contributed by atoms with van der Waals surface area (Å²) in [4.78, 5) is 25.0. The van der Waals surface area contributed by atoms with Crippen molar-refractivity contribution in [1.82, 2.24) is 24.7 Å². The quantitative estimate of drug-likeness (QED) is 0.584. The summed E-state index contributed by atoms with van der Waals surface area (Å²) in [7, 11) is 0. The van der Waals surface area contributed by atoms with Crippen molar-refractivity contribution >= 4 is 11.6 Å². The third kappa shape index (κ3) is 3.35. The van der Waals surface area contributed by atoms with E-state index in [1.54, 1.807) is 49.8 Å². The van der Waals surface area contributed by atoms with Crippen LogP contribution in [0.25, 0.3) is 16.9 Å². The van der Waals surface area contributed by atoms with E-state index in [1.165, 1.54) is 0 Å². The molecule has 4 rings (SSSR count). The first kappa shape index (κ1) is 16.7. The number of hydrogen-bond acceptors (Lipinski definition) is 5. The Morgan fingerprint density at radius 1 is 1.15 bits per heavy atom. The smallest absolute Gasteiger partial charge is 0.251 e. The molecule has 0 bridgehead atoms. The van der Waals surface area contributed by atoms with E-state index in [1.807, 2.05) is 22.7 Å². The fraction of sp³-hybridized carbons (Fsp3) is 0.100. The summed E-state index contributed by atoms with van der Waals surface area (Å²) in [5.74, 6) is -0.00155. The Hall–Kier alpha value is -3.74. The molecule has 27 heavy (non-hydrogen) atoms. The molecule has 0 saturated carbocycles. The third-order valence-corrected chi connectivity index (χ3v) is 4.32. The molecule has 0 saturated heterocycles. The summed E-state index contributed by atoms with van der Waals surface area (Å²) < 4.78 is 1.88. The van der Waals surface area contributed by atoms with Crippen LogP contribution >= 0.6 is 0 Å². The second-order valence-corrected chi connectivity index (χ2v) is 6.12. The highest BCUT2D eigenvalue weighted by molar-refractivity contribution is 5.94. The van der Waals surface area contributed by atoms with Crippen LogP contribution in [0.15, 0.2) is 61.2 Å². The molecule has 1 aromatic carbocycles. The lowest BCUT2D eigenvalue weighted by atomic mass is 10.1. The first-order valence-electron chi connectivity index (χ1n) is 8.43. The molecule has 0 aliphatic rings. The van der Waals surface area contributed by atoms with Gasteiger partial charge in [0.2, 0.25) is 0 Å². The number of pyridine rings is 1. The molecule has 0 aliphatic carbocycles. The number of nitrogens with one attached hydrogen (secondary N) is 1. The van der Waals surface area contributed by atoms with Crippen LogP contribution in [0.1, 0.15) is 21.7 Å². The predicted molar refractivity (Wildman–Crippen MR) is 100 cm³/mol. The minimum Gasteiger partial charge on any atom is -0.506 e. The normalized spacial score (nSPS) is 10.9. The van der Waals surface area contributed by atoms with Gasteiger partial charge in [-0.1, -0.05) is 12.1 Å². The standard InChI is InChI=1S/C20H17N5O2/c1-13-18(26)7-6-17(24-13)14-2-4-15(5-3-14)20(27)23-11-16-10-22-19-12-21-8-9-25(16)19/h2-10,12,26H,11H2,1H3,(H,23,27). The van der Waals surface area contributed by atoms with Crippen molar-refractivity contribution < 1.29 is 9.90 Å². The zero-order valence-electron chi connectivity index (χ0n) is 14.6. The number of imidazole rings is 1. The number of hydrogen-bond donors (Lipinski definition) is 2.